The molecule has 1 N–H and O–H groups in total. The van der Waals surface area contributed by atoms with Crippen molar-refractivity contribution in [1.82, 2.24) is 19.6 Å². The number of fused-ring (bicyclic) bond motifs is 1. The summed E-state index contributed by atoms with van der Waals surface area (Å²) in [5, 5.41) is 13.2. The van der Waals surface area contributed by atoms with Crippen LogP contribution in [0.1, 0.15) is 40.8 Å². The average Bonchev–Trinajstić information content (AvgIpc) is 2.98. The second kappa shape index (κ2) is 3.01. The molecule has 2 aromatic rings. The molecule has 1 saturated carbocycles. The third kappa shape index (κ3) is 1.34. The van der Waals surface area contributed by atoms with Crippen LogP contribution in [0, 0.1) is 6.92 Å². The number of rotatable bonds is 2. The molecule has 0 bridgehead atoms. The molecule has 3 rings (SSSR count). The predicted octanol–water partition coefficient (Wildman–Crippen LogP) is 1.01. The van der Waals surface area contributed by atoms with Gasteiger partial charge in [0.1, 0.15) is 5.82 Å². The Hall–Kier alpha value is -1.98. The summed E-state index contributed by atoms with van der Waals surface area (Å²) in [6, 6.07) is 1.60. The van der Waals surface area contributed by atoms with E-state index in [-0.39, 0.29) is 5.69 Å². The molecule has 1 fully saturated rings. The van der Waals surface area contributed by atoms with E-state index < -0.39 is 5.97 Å². The van der Waals surface area contributed by atoms with E-state index in [9.17, 15) is 4.79 Å². The van der Waals surface area contributed by atoms with Crippen LogP contribution in [0.25, 0.3) is 5.78 Å². The van der Waals surface area contributed by atoms with Crippen molar-refractivity contribution >= 4 is 11.7 Å². The predicted molar refractivity (Wildman–Crippen MR) is 54.5 cm³/mol. The van der Waals surface area contributed by atoms with Gasteiger partial charge in [-0.25, -0.2) is 14.3 Å². The lowest BCUT2D eigenvalue weighted by Gasteiger charge is -2.02. The molecule has 2 aromatic heterocycles. The first-order valence-electron chi connectivity index (χ1n) is 5.13. The van der Waals surface area contributed by atoms with E-state index in [0.717, 1.165) is 18.5 Å². The molecule has 2 heterocycles. The van der Waals surface area contributed by atoms with Gasteiger partial charge in [-0.1, -0.05) is 0 Å². The van der Waals surface area contributed by atoms with E-state index in [0.29, 0.717) is 17.5 Å². The topological polar surface area (TPSA) is 80.4 Å². The molecule has 0 unspecified atom stereocenters. The molecule has 82 valence electrons. The van der Waals surface area contributed by atoms with E-state index in [2.05, 4.69) is 15.1 Å². The highest BCUT2D eigenvalue weighted by molar-refractivity contribution is 5.86. The van der Waals surface area contributed by atoms with Gasteiger partial charge in [-0.3, -0.25) is 0 Å². The molecule has 6 nitrogen and oxygen atoms in total. The summed E-state index contributed by atoms with van der Waals surface area (Å²) < 4.78 is 1.65. The first kappa shape index (κ1) is 9.26. The zero-order valence-corrected chi connectivity index (χ0v) is 8.71. The number of hydrogen-bond donors (Lipinski definition) is 1. The van der Waals surface area contributed by atoms with Gasteiger partial charge in [-0.2, -0.15) is 10.1 Å². The summed E-state index contributed by atoms with van der Waals surface area (Å²) in [5.41, 5.74) is 0.949. The largest absolute Gasteiger partial charge is 0.477 e. The smallest absolute Gasteiger partial charge is 0.354 e. The number of aromatic nitrogens is 4. The van der Waals surface area contributed by atoms with E-state index in [1.807, 2.05) is 0 Å². The van der Waals surface area contributed by atoms with Gasteiger partial charge in [-0.15, -0.1) is 0 Å². The highest BCUT2D eigenvalue weighted by atomic mass is 16.4. The summed E-state index contributed by atoms with van der Waals surface area (Å²) in [4.78, 5) is 19.0. The minimum Gasteiger partial charge on any atom is -0.477 e. The Labute approximate surface area is 91.0 Å². The monoisotopic (exact) mass is 218 g/mol. The first-order chi connectivity index (χ1) is 7.65. The Kier molecular flexibility index (Phi) is 1.74. The van der Waals surface area contributed by atoms with Crippen LogP contribution < -0.4 is 0 Å². The number of carboxylic acid groups (broad SMARTS) is 1. The quantitative estimate of drug-likeness (QED) is 0.813. The number of aryl methyl sites for hydroxylation is 1. The van der Waals surface area contributed by atoms with Crippen LogP contribution in [0.4, 0.5) is 0 Å². The van der Waals surface area contributed by atoms with Gasteiger partial charge in [0.25, 0.3) is 5.78 Å². The summed E-state index contributed by atoms with van der Waals surface area (Å²) >= 11 is 0. The lowest BCUT2D eigenvalue weighted by atomic mass is 10.2. The first-order valence-corrected chi connectivity index (χ1v) is 5.13. The van der Waals surface area contributed by atoms with Crippen molar-refractivity contribution in [2.24, 2.45) is 0 Å². The Bertz CT molecular complexity index is 586. The molecule has 0 radical (unpaired) electrons. The molecule has 0 atom stereocenters. The number of hydrogen-bond acceptors (Lipinski definition) is 4. The van der Waals surface area contributed by atoms with Gasteiger partial charge in [-0.05, 0) is 25.8 Å². The van der Waals surface area contributed by atoms with Crippen molar-refractivity contribution in [2.75, 3.05) is 0 Å². The molecule has 0 aliphatic heterocycles. The van der Waals surface area contributed by atoms with E-state index >= 15 is 0 Å². The summed E-state index contributed by atoms with van der Waals surface area (Å²) in [6.07, 6.45) is 2.16. The van der Waals surface area contributed by atoms with Crippen LogP contribution in [-0.4, -0.2) is 30.7 Å². The fourth-order valence-corrected chi connectivity index (χ4v) is 1.77. The Morgan fingerprint density at radius 1 is 1.50 bits per heavy atom. The molecule has 0 amide bonds. The highest BCUT2D eigenvalue weighted by Gasteiger charge is 2.28. The average molecular weight is 218 g/mol. The second-order valence-electron chi connectivity index (χ2n) is 4.02. The maximum Gasteiger partial charge on any atom is 0.354 e. The van der Waals surface area contributed by atoms with Gasteiger partial charge < -0.3 is 5.11 Å². The molecule has 0 spiro atoms. The summed E-state index contributed by atoms with van der Waals surface area (Å²) in [6.45, 7) is 1.77. The van der Waals surface area contributed by atoms with Crippen molar-refractivity contribution in [3.63, 3.8) is 0 Å². The molecule has 1 aliphatic carbocycles. The maximum atomic E-state index is 10.9. The summed E-state index contributed by atoms with van der Waals surface area (Å²) in [5.74, 6) is 0.367. The van der Waals surface area contributed by atoms with Crippen LogP contribution in [0.15, 0.2) is 6.07 Å². The van der Waals surface area contributed by atoms with E-state index in [4.69, 9.17) is 5.11 Å². The van der Waals surface area contributed by atoms with Gasteiger partial charge in [0, 0.05) is 5.92 Å². The van der Waals surface area contributed by atoms with E-state index in [1.54, 1.807) is 17.5 Å². The number of aromatic carboxylic acids is 1. The van der Waals surface area contributed by atoms with Crippen molar-refractivity contribution in [1.29, 1.82) is 0 Å². The summed E-state index contributed by atoms with van der Waals surface area (Å²) in [7, 11) is 0. The van der Waals surface area contributed by atoms with Crippen molar-refractivity contribution < 1.29 is 9.90 Å². The minimum absolute atomic E-state index is 0.0433. The molecular formula is C10H10N4O2. The van der Waals surface area contributed by atoms with Crippen LogP contribution in [-0.2, 0) is 0 Å². The number of carboxylic acids is 1. The number of carbonyl (C=O) groups is 1. The minimum atomic E-state index is -1.02. The fourth-order valence-electron chi connectivity index (χ4n) is 1.77. The third-order valence-corrected chi connectivity index (χ3v) is 2.66. The highest BCUT2D eigenvalue weighted by Crippen LogP contribution is 2.39. The van der Waals surface area contributed by atoms with Crippen molar-refractivity contribution in [3.8, 4) is 0 Å². The van der Waals surface area contributed by atoms with Crippen molar-refractivity contribution in [3.05, 3.63) is 23.3 Å². The lowest BCUT2D eigenvalue weighted by molar-refractivity contribution is 0.0690. The maximum absolute atomic E-state index is 10.9. The fraction of sp³-hybridized carbons (Fsp3) is 0.400. The zero-order chi connectivity index (χ0) is 11.3. The van der Waals surface area contributed by atoms with E-state index in [1.165, 1.54) is 0 Å². The lowest BCUT2D eigenvalue weighted by Crippen LogP contribution is -2.07. The number of nitrogens with zero attached hydrogens (tertiary/aromatic N) is 4. The standard InChI is InChI=1S/C10H10N4O2/c1-5-11-10-12-7(9(15)16)4-8(6-2-3-6)14(10)13-5/h4,6H,2-3H2,1H3,(H,15,16). The molecule has 16 heavy (non-hydrogen) atoms. The Morgan fingerprint density at radius 3 is 2.88 bits per heavy atom. The molecule has 0 saturated heterocycles. The van der Waals surface area contributed by atoms with Crippen molar-refractivity contribution in [2.45, 2.75) is 25.7 Å². The van der Waals surface area contributed by atoms with Gasteiger partial charge in [0.05, 0.1) is 5.69 Å². The van der Waals surface area contributed by atoms with Crippen LogP contribution in [0.3, 0.4) is 0 Å². The van der Waals surface area contributed by atoms with Crippen LogP contribution in [0.5, 0.6) is 0 Å². The van der Waals surface area contributed by atoms with Gasteiger partial charge >= 0.3 is 5.97 Å². The Morgan fingerprint density at radius 2 is 2.25 bits per heavy atom. The second-order valence-corrected chi connectivity index (χ2v) is 4.02. The molecule has 6 heteroatoms. The molecule has 0 aromatic carbocycles. The zero-order valence-electron chi connectivity index (χ0n) is 8.71. The Balaban J connectivity index is 2.29. The molecular weight excluding hydrogens is 208 g/mol. The SMILES string of the molecule is Cc1nc2nc(C(=O)O)cc(C3CC3)n2n1. The van der Waals surface area contributed by atoms with Crippen LogP contribution in [0.2, 0.25) is 0 Å². The third-order valence-electron chi connectivity index (χ3n) is 2.66. The molecule has 1 aliphatic rings. The van der Waals surface area contributed by atoms with Crippen LogP contribution >= 0.6 is 0 Å². The normalized spacial score (nSPS) is 15.6. The van der Waals surface area contributed by atoms with Gasteiger partial charge in [0.15, 0.2) is 5.69 Å². The van der Waals surface area contributed by atoms with Gasteiger partial charge in [0.2, 0.25) is 0 Å².